The largest absolute Gasteiger partial charge is 0.543 e. The minimum atomic E-state index is -3.84. The van der Waals surface area contributed by atoms with E-state index in [0.29, 0.717) is 22.8 Å². The standard InChI is InChI=1S/C15H12FN2O3PS/c16-14-11-17-15(23-14)18-22(19,20-12-7-3-1-4-8-12)21-13-9-5-2-6-10-13/h1-11H,(H,17,18,19). The van der Waals surface area contributed by atoms with Crippen LogP contribution < -0.4 is 14.1 Å². The number of thiazole rings is 1. The van der Waals surface area contributed by atoms with Crippen LogP contribution in [0, 0.1) is 5.13 Å². The van der Waals surface area contributed by atoms with Crippen LogP contribution in [0.2, 0.25) is 0 Å². The number of para-hydroxylation sites is 2. The topological polar surface area (TPSA) is 60.5 Å². The van der Waals surface area contributed by atoms with Gasteiger partial charge in [-0.1, -0.05) is 47.7 Å². The Hall–Kier alpha value is -2.37. The molecule has 0 aliphatic carbocycles. The second-order valence-corrected chi connectivity index (χ2v) is 6.95. The summed E-state index contributed by atoms with van der Waals surface area (Å²) < 4.78 is 37.1. The molecule has 0 aliphatic rings. The van der Waals surface area contributed by atoms with Gasteiger partial charge in [0.2, 0.25) is 0 Å². The molecule has 0 aliphatic heterocycles. The van der Waals surface area contributed by atoms with Gasteiger partial charge in [-0.2, -0.15) is 4.39 Å². The zero-order valence-corrected chi connectivity index (χ0v) is 13.5. The van der Waals surface area contributed by atoms with Gasteiger partial charge in [-0.05, 0) is 24.3 Å². The molecule has 3 aromatic rings. The van der Waals surface area contributed by atoms with Gasteiger partial charge in [-0.25, -0.2) is 14.6 Å². The van der Waals surface area contributed by atoms with Crippen LogP contribution in [0.1, 0.15) is 0 Å². The number of halogens is 1. The van der Waals surface area contributed by atoms with E-state index in [0.717, 1.165) is 6.20 Å². The quantitative estimate of drug-likeness (QED) is 0.637. The molecule has 1 aromatic heterocycles. The summed E-state index contributed by atoms with van der Waals surface area (Å²) in [6, 6.07) is 17.2. The van der Waals surface area contributed by atoms with Crippen LogP contribution in [0.4, 0.5) is 9.52 Å². The number of rotatable bonds is 6. The molecular weight excluding hydrogens is 338 g/mol. The van der Waals surface area contributed by atoms with E-state index in [-0.39, 0.29) is 5.13 Å². The Morgan fingerprint density at radius 2 is 1.48 bits per heavy atom. The third kappa shape index (κ3) is 4.31. The van der Waals surface area contributed by atoms with E-state index < -0.39 is 12.9 Å². The Bertz CT molecular complexity index is 768. The third-order valence-corrected chi connectivity index (χ3v) is 4.89. The lowest BCUT2D eigenvalue weighted by atomic mass is 10.3. The molecule has 8 heteroatoms. The van der Waals surface area contributed by atoms with Crippen LogP contribution in [-0.2, 0) is 4.57 Å². The Labute approximate surface area is 136 Å². The molecule has 0 unspecified atom stereocenters. The Morgan fingerprint density at radius 3 is 1.91 bits per heavy atom. The number of nitrogens with one attached hydrogen (secondary N) is 1. The van der Waals surface area contributed by atoms with Crippen LogP contribution in [0.15, 0.2) is 66.9 Å². The molecule has 5 nitrogen and oxygen atoms in total. The zero-order chi connectivity index (χ0) is 16.1. The summed E-state index contributed by atoms with van der Waals surface area (Å²) in [4.78, 5) is 3.78. The fourth-order valence-electron chi connectivity index (χ4n) is 1.73. The fourth-order valence-corrected chi connectivity index (χ4v) is 3.86. The molecule has 0 spiro atoms. The van der Waals surface area contributed by atoms with Crippen molar-refractivity contribution in [1.82, 2.24) is 4.98 Å². The van der Waals surface area contributed by atoms with Crippen LogP contribution in [-0.4, -0.2) is 4.98 Å². The van der Waals surface area contributed by atoms with Crippen LogP contribution in [0.3, 0.4) is 0 Å². The first-order chi connectivity index (χ1) is 11.1. The molecule has 2 aromatic carbocycles. The molecule has 0 saturated heterocycles. The molecule has 23 heavy (non-hydrogen) atoms. The van der Waals surface area contributed by atoms with Crippen molar-refractivity contribution in [3.63, 3.8) is 0 Å². The number of benzene rings is 2. The minimum Gasteiger partial charge on any atom is -0.400 e. The molecule has 0 fully saturated rings. The summed E-state index contributed by atoms with van der Waals surface area (Å²) in [5, 5.41) is 2.16. The predicted molar refractivity (Wildman–Crippen MR) is 87.4 cm³/mol. The Balaban J connectivity index is 1.86. The lowest BCUT2D eigenvalue weighted by Crippen LogP contribution is -2.09. The van der Waals surface area contributed by atoms with E-state index in [1.807, 2.05) is 0 Å². The number of hydrogen-bond acceptors (Lipinski definition) is 5. The molecule has 0 atom stereocenters. The summed E-state index contributed by atoms with van der Waals surface area (Å²) in [6.07, 6.45) is 1.03. The summed E-state index contributed by atoms with van der Waals surface area (Å²) in [6.45, 7) is 0. The summed E-state index contributed by atoms with van der Waals surface area (Å²) in [5.41, 5.74) is 0. The molecule has 1 heterocycles. The van der Waals surface area contributed by atoms with E-state index in [1.54, 1.807) is 60.7 Å². The SMILES string of the molecule is O=P(Nc1ncc(F)s1)(Oc1ccccc1)Oc1ccccc1. The monoisotopic (exact) mass is 350 g/mol. The van der Waals surface area contributed by atoms with Gasteiger partial charge in [0.1, 0.15) is 11.5 Å². The Kier molecular flexibility index (Phi) is 4.60. The van der Waals surface area contributed by atoms with Gasteiger partial charge in [-0.15, -0.1) is 0 Å². The molecule has 1 N–H and O–H groups in total. The summed E-state index contributed by atoms with van der Waals surface area (Å²) in [5.74, 6) is 0.715. The number of nitrogens with zero attached hydrogens (tertiary/aromatic N) is 1. The second-order valence-electron chi connectivity index (χ2n) is 4.39. The summed E-state index contributed by atoms with van der Waals surface area (Å²) in [7, 11) is -3.84. The highest BCUT2D eigenvalue weighted by Gasteiger charge is 2.30. The van der Waals surface area contributed by atoms with E-state index in [9.17, 15) is 8.96 Å². The van der Waals surface area contributed by atoms with Gasteiger partial charge in [0.15, 0.2) is 10.3 Å². The summed E-state index contributed by atoms with van der Waals surface area (Å²) >= 11 is 0.715. The van der Waals surface area contributed by atoms with Gasteiger partial charge in [0, 0.05) is 0 Å². The van der Waals surface area contributed by atoms with Crippen LogP contribution in [0.5, 0.6) is 11.5 Å². The first-order valence-corrected chi connectivity index (χ1v) is 8.98. The first kappa shape index (κ1) is 15.5. The molecule has 0 radical (unpaired) electrons. The average molecular weight is 350 g/mol. The van der Waals surface area contributed by atoms with Crippen molar-refractivity contribution < 1.29 is 18.0 Å². The number of hydrogen-bond donors (Lipinski definition) is 1. The molecule has 118 valence electrons. The van der Waals surface area contributed by atoms with Gasteiger partial charge in [0.25, 0.3) is 0 Å². The normalized spacial score (nSPS) is 11.0. The minimum absolute atomic E-state index is 0.109. The van der Waals surface area contributed by atoms with E-state index in [2.05, 4.69) is 10.1 Å². The van der Waals surface area contributed by atoms with Crippen LogP contribution in [0.25, 0.3) is 0 Å². The lowest BCUT2D eigenvalue weighted by molar-refractivity contribution is 0.393. The highest BCUT2D eigenvalue weighted by molar-refractivity contribution is 7.56. The van der Waals surface area contributed by atoms with E-state index in [1.165, 1.54) is 0 Å². The van der Waals surface area contributed by atoms with Crippen LogP contribution >= 0.6 is 19.1 Å². The van der Waals surface area contributed by atoms with Gasteiger partial charge < -0.3 is 9.05 Å². The molecular formula is C15H12FN2O3PS. The number of anilines is 1. The Morgan fingerprint density at radius 1 is 0.957 bits per heavy atom. The third-order valence-electron chi connectivity index (χ3n) is 2.65. The van der Waals surface area contributed by atoms with Gasteiger partial charge >= 0.3 is 7.75 Å². The van der Waals surface area contributed by atoms with Crippen molar-refractivity contribution >= 4 is 24.2 Å². The predicted octanol–water partition coefficient (Wildman–Crippen LogP) is 4.96. The smallest absolute Gasteiger partial charge is 0.400 e. The van der Waals surface area contributed by atoms with E-state index in [4.69, 9.17) is 9.05 Å². The lowest BCUT2D eigenvalue weighted by Gasteiger charge is -2.19. The fraction of sp³-hybridized carbons (Fsp3) is 0. The maximum Gasteiger partial charge on any atom is 0.543 e. The molecule has 0 saturated carbocycles. The van der Waals surface area contributed by atoms with Crippen molar-refractivity contribution in [2.45, 2.75) is 0 Å². The van der Waals surface area contributed by atoms with E-state index >= 15 is 0 Å². The molecule has 0 bridgehead atoms. The van der Waals surface area contributed by atoms with Gasteiger partial charge in [0.05, 0.1) is 6.20 Å². The zero-order valence-electron chi connectivity index (χ0n) is 11.8. The van der Waals surface area contributed by atoms with Crippen molar-refractivity contribution in [3.8, 4) is 11.5 Å². The van der Waals surface area contributed by atoms with Crippen molar-refractivity contribution in [2.75, 3.05) is 5.09 Å². The first-order valence-electron chi connectivity index (χ1n) is 6.62. The van der Waals surface area contributed by atoms with Gasteiger partial charge in [-0.3, -0.25) is 0 Å². The van der Waals surface area contributed by atoms with Crippen molar-refractivity contribution in [1.29, 1.82) is 0 Å². The molecule has 3 rings (SSSR count). The molecule has 0 amide bonds. The number of aromatic nitrogens is 1. The second kappa shape index (κ2) is 6.81. The van der Waals surface area contributed by atoms with Crippen molar-refractivity contribution in [2.24, 2.45) is 0 Å². The maximum absolute atomic E-state index is 13.1. The average Bonchev–Trinajstić information content (AvgIpc) is 2.93. The highest BCUT2D eigenvalue weighted by Crippen LogP contribution is 2.48. The van der Waals surface area contributed by atoms with Crippen molar-refractivity contribution in [3.05, 3.63) is 72.0 Å². The highest BCUT2D eigenvalue weighted by atomic mass is 32.1. The maximum atomic E-state index is 13.1.